The first-order chi connectivity index (χ1) is 8.06. The van der Waals surface area contributed by atoms with Gasteiger partial charge in [-0.1, -0.05) is 13.3 Å². The fourth-order valence-corrected chi connectivity index (χ4v) is 1.23. The molecule has 0 spiro atoms. The molecule has 0 aromatic carbocycles. The van der Waals surface area contributed by atoms with Crippen molar-refractivity contribution in [1.82, 2.24) is 0 Å². The second-order valence-corrected chi connectivity index (χ2v) is 4.57. The maximum absolute atomic E-state index is 9.05. The highest BCUT2D eigenvalue weighted by atomic mass is 16.6. The van der Waals surface area contributed by atoms with E-state index in [2.05, 4.69) is 6.92 Å². The average molecular weight is 248 g/mol. The first-order valence-electron chi connectivity index (χ1n) is 6.55. The van der Waals surface area contributed by atoms with Crippen LogP contribution in [0.3, 0.4) is 0 Å². The van der Waals surface area contributed by atoms with Crippen molar-refractivity contribution in [3.63, 3.8) is 0 Å². The van der Waals surface area contributed by atoms with E-state index in [-0.39, 0.29) is 12.2 Å². The fraction of sp³-hybridized carbons (Fsp3) is 1.00. The van der Waals surface area contributed by atoms with Crippen molar-refractivity contribution < 1.29 is 19.3 Å². The molecule has 104 valence electrons. The average Bonchev–Trinajstić information content (AvgIpc) is 2.27. The molecule has 17 heavy (non-hydrogen) atoms. The summed E-state index contributed by atoms with van der Waals surface area (Å²) < 4.78 is 16.4. The molecule has 4 nitrogen and oxygen atoms in total. The van der Waals surface area contributed by atoms with Gasteiger partial charge in [0, 0.05) is 6.61 Å². The van der Waals surface area contributed by atoms with Gasteiger partial charge in [-0.15, -0.1) is 0 Å². The zero-order valence-corrected chi connectivity index (χ0v) is 11.6. The van der Waals surface area contributed by atoms with Gasteiger partial charge in [-0.2, -0.15) is 0 Å². The standard InChI is InChI=1S/C13H28O4/c1-5-6-7-16-12(3)9-15-10-13(4)17-8-11(2)14/h11-14H,5-10H2,1-4H3/t11-,12+,13-/m0/s1. The van der Waals surface area contributed by atoms with Crippen molar-refractivity contribution in [3.05, 3.63) is 0 Å². The number of aliphatic hydroxyl groups excluding tert-OH is 1. The lowest BCUT2D eigenvalue weighted by molar-refractivity contribution is -0.0607. The molecule has 0 fully saturated rings. The Hall–Kier alpha value is -0.160. The Morgan fingerprint density at radius 1 is 0.941 bits per heavy atom. The molecule has 0 rings (SSSR count). The molecule has 0 saturated heterocycles. The molecule has 0 amide bonds. The van der Waals surface area contributed by atoms with Gasteiger partial charge in [-0.05, 0) is 27.2 Å². The number of rotatable bonds is 11. The Labute approximate surface area is 105 Å². The van der Waals surface area contributed by atoms with Crippen LogP contribution in [0.25, 0.3) is 0 Å². The lowest BCUT2D eigenvalue weighted by atomic mass is 10.3. The highest BCUT2D eigenvalue weighted by Crippen LogP contribution is 1.99. The minimum Gasteiger partial charge on any atom is -0.391 e. The van der Waals surface area contributed by atoms with E-state index in [1.54, 1.807) is 6.92 Å². The molecule has 1 N–H and O–H groups in total. The molecule has 4 heteroatoms. The van der Waals surface area contributed by atoms with Crippen LogP contribution in [0.2, 0.25) is 0 Å². The van der Waals surface area contributed by atoms with Gasteiger partial charge in [0.15, 0.2) is 0 Å². The van der Waals surface area contributed by atoms with E-state index in [9.17, 15) is 0 Å². The Balaban J connectivity index is 3.35. The fourth-order valence-electron chi connectivity index (χ4n) is 1.23. The topological polar surface area (TPSA) is 47.9 Å². The molecule has 0 radical (unpaired) electrons. The molecule has 0 aliphatic heterocycles. The summed E-state index contributed by atoms with van der Waals surface area (Å²) in [6.45, 7) is 10.1. The summed E-state index contributed by atoms with van der Waals surface area (Å²) in [6.07, 6.45) is 1.96. The summed E-state index contributed by atoms with van der Waals surface area (Å²) in [6, 6.07) is 0. The predicted octanol–water partition coefficient (Wildman–Crippen LogP) is 1.99. The number of ether oxygens (including phenoxy) is 3. The van der Waals surface area contributed by atoms with Gasteiger partial charge in [-0.3, -0.25) is 0 Å². The monoisotopic (exact) mass is 248 g/mol. The molecular formula is C13H28O4. The minimum absolute atomic E-state index is 0.00689. The van der Waals surface area contributed by atoms with Crippen molar-refractivity contribution in [2.24, 2.45) is 0 Å². The second kappa shape index (κ2) is 11.0. The molecule has 0 unspecified atom stereocenters. The normalized spacial score (nSPS) is 16.8. The Morgan fingerprint density at radius 3 is 2.06 bits per heavy atom. The summed E-state index contributed by atoms with van der Waals surface area (Å²) in [5.41, 5.74) is 0. The SMILES string of the molecule is CCCCO[C@H](C)COC[C@H](C)OC[C@H](C)O. The zero-order valence-electron chi connectivity index (χ0n) is 11.6. The Morgan fingerprint density at radius 2 is 1.53 bits per heavy atom. The summed E-state index contributed by atoms with van der Waals surface area (Å²) in [7, 11) is 0. The third kappa shape index (κ3) is 12.1. The van der Waals surface area contributed by atoms with E-state index < -0.39 is 6.10 Å². The van der Waals surface area contributed by atoms with E-state index >= 15 is 0 Å². The summed E-state index contributed by atoms with van der Waals surface area (Å²) in [5.74, 6) is 0. The van der Waals surface area contributed by atoms with Crippen LogP contribution in [0.1, 0.15) is 40.5 Å². The van der Waals surface area contributed by atoms with Crippen molar-refractivity contribution in [2.45, 2.75) is 58.8 Å². The van der Waals surface area contributed by atoms with E-state index in [4.69, 9.17) is 19.3 Å². The van der Waals surface area contributed by atoms with Gasteiger partial charge in [0.2, 0.25) is 0 Å². The highest BCUT2D eigenvalue weighted by molar-refractivity contribution is 4.53. The highest BCUT2D eigenvalue weighted by Gasteiger charge is 2.07. The summed E-state index contributed by atoms with van der Waals surface area (Å²) in [4.78, 5) is 0. The van der Waals surface area contributed by atoms with E-state index in [1.807, 2.05) is 13.8 Å². The van der Waals surface area contributed by atoms with Gasteiger partial charge in [0.25, 0.3) is 0 Å². The number of hydrogen-bond donors (Lipinski definition) is 1. The van der Waals surface area contributed by atoms with Crippen LogP contribution in [0.15, 0.2) is 0 Å². The third-order valence-electron chi connectivity index (χ3n) is 2.23. The van der Waals surface area contributed by atoms with Crippen LogP contribution in [0, 0.1) is 0 Å². The van der Waals surface area contributed by atoms with Gasteiger partial charge >= 0.3 is 0 Å². The van der Waals surface area contributed by atoms with Crippen LogP contribution >= 0.6 is 0 Å². The molecule has 0 bridgehead atoms. The molecule has 0 heterocycles. The molecule has 3 atom stereocenters. The van der Waals surface area contributed by atoms with Gasteiger partial charge in [0.1, 0.15) is 0 Å². The van der Waals surface area contributed by atoms with Crippen LogP contribution in [-0.2, 0) is 14.2 Å². The van der Waals surface area contributed by atoms with Gasteiger partial charge in [-0.25, -0.2) is 0 Å². The Kier molecular flexibility index (Phi) is 10.9. The van der Waals surface area contributed by atoms with Crippen molar-refractivity contribution in [2.75, 3.05) is 26.4 Å². The van der Waals surface area contributed by atoms with Crippen molar-refractivity contribution >= 4 is 0 Å². The molecule has 0 aromatic heterocycles. The van der Waals surface area contributed by atoms with Crippen molar-refractivity contribution in [3.8, 4) is 0 Å². The molecule has 0 aliphatic carbocycles. The first-order valence-corrected chi connectivity index (χ1v) is 6.55. The molecular weight excluding hydrogens is 220 g/mol. The maximum atomic E-state index is 9.05. The number of hydrogen-bond acceptors (Lipinski definition) is 4. The second-order valence-electron chi connectivity index (χ2n) is 4.57. The largest absolute Gasteiger partial charge is 0.391 e. The van der Waals surface area contributed by atoms with Crippen LogP contribution in [-0.4, -0.2) is 49.8 Å². The predicted molar refractivity (Wildman–Crippen MR) is 68.2 cm³/mol. The summed E-state index contributed by atoms with van der Waals surface area (Å²) >= 11 is 0. The van der Waals surface area contributed by atoms with E-state index in [0.717, 1.165) is 19.4 Å². The van der Waals surface area contributed by atoms with Crippen LogP contribution < -0.4 is 0 Å². The minimum atomic E-state index is -0.422. The third-order valence-corrected chi connectivity index (χ3v) is 2.23. The Bertz CT molecular complexity index is 161. The molecule has 0 aliphatic rings. The summed E-state index contributed by atoms with van der Waals surface area (Å²) in [5, 5.41) is 9.05. The van der Waals surface area contributed by atoms with Gasteiger partial charge in [0.05, 0.1) is 38.1 Å². The molecule has 0 aromatic rings. The molecule has 0 saturated carbocycles. The number of unbranched alkanes of at least 4 members (excludes halogenated alkanes) is 1. The van der Waals surface area contributed by atoms with Crippen molar-refractivity contribution in [1.29, 1.82) is 0 Å². The number of aliphatic hydroxyl groups is 1. The quantitative estimate of drug-likeness (QED) is 0.568. The van der Waals surface area contributed by atoms with E-state index in [0.29, 0.717) is 19.8 Å². The maximum Gasteiger partial charge on any atom is 0.0781 e. The smallest absolute Gasteiger partial charge is 0.0781 e. The zero-order chi connectivity index (χ0) is 13.1. The first kappa shape index (κ1) is 16.8. The lowest BCUT2D eigenvalue weighted by Gasteiger charge is -2.17. The van der Waals surface area contributed by atoms with E-state index in [1.165, 1.54) is 0 Å². The van der Waals surface area contributed by atoms with Crippen LogP contribution in [0.4, 0.5) is 0 Å². The van der Waals surface area contributed by atoms with Crippen LogP contribution in [0.5, 0.6) is 0 Å². The lowest BCUT2D eigenvalue weighted by Crippen LogP contribution is -2.24. The van der Waals surface area contributed by atoms with Gasteiger partial charge < -0.3 is 19.3 Å².